The number of benzene rings is 2. The molecule has 1 aliphatic heterocycles. The van der Waals surface area contributed by atoms with E-state index in [4.69, 9.17) is 4.42 Å². The number of hydrogen-bond donors (Lipinski definition) is 0. The van der Waals surface area contributed by atoms with E-state index in [1.165, 1.54) is 12.6 Å². The molecule has 6 rings (SSSR count). The first-order valence-corrected chi connectivity index (χ1v) is 11.2. The zero-order valence-corrected chi connectivity index (χ0v) is 19.4. The minimum atomic E-state index is -0.387. The molecule has 0 spiro atoms. The summed E-state index contributed by atoms with van der Waals surface area (Å²) in [5.74, 6) is 1.53. The maximum atomic E-state index is 13.2. The third-order valence-corrected chi connectivity index (χ3v) is 6.72. The fourth-order valence-corrected chi connectivity index (χ4v) is 5.06. The van der Waals surface area contributed by atoms with Gasteiger partial charge < -0.3 is 13.9 Å². The van der Waals surface area contributed by atoms with E-state index in [2.05, 4.69) is 42.2 Å². The second-order valence-corrected chi connectivity index (χ2v) is 8.90. The number of anilines is 2. The van der Waals surface area contributed by atoms with E-state index in [1.807, 2.05) is 48.0 Å². The molecule has 170 valence electrons. The number of fused-ring (bicyclic) bond motifs is 5. The zero-order valence-electron chi connectivity index (χ0n) is 19.4. The Balaban J connectivity index is 1.80. The molecule has 4 heterocycles. The molecule has 0 N–H and O–H groups in total. The van der Waals surface area contributed by atoms with Crippen LogP contribution in [0.3, 0.4) is 0 Å². The molecule has 1 aliphatic rings. The molecular weight excluding hydrogens is 428 g/mol. The molecule has 0 amide bonds. The van der Waals surface area contributed by atoms with Crippen molar-refractivity contribution in [3.8, 4) is 5.69 Å². The summed E-state index contributed by atoms with van der Waals surface area (Å²) in [5, 5.41) is 0.494. The van der Waals surface area contributed by atoms with Gasteiger partial charge in [-0.15, -0.1) is 0 Å². The van der Waals surface area contributed by atoms with Gasteiger partial charge in [-0.25, -0.2) is 4.79 Å². The Kier molecular flexibility index (Phi) is 4.26. The summed E-state index contributed by atoms with van der Waals surface area (Å²) in [4.78, 5) is 28.3. The lowest BCUT2D eigenvalue weighted by atomic mass is 10.0. The molecule has 0 saturated heterocycles. The first kappa shape index (κ1) is 20.4. The second kappa shape index (κ2) is 7.12. The number of para-hydroxylation sites is 2. The smallest absolute Gasteiger partial charge is 0.331 e. The Morgan fingerprint density at radius 1 is 0.824 bits per heavy atom. The monoisotopic (exact) mass is 452 g/mol. The van der Waals surface area contributed by atoms with Crippen LogP contribution in [0.4, 0.5) is 11.4 Å². The number of aryl methyl sites for hydroxylation is 3. The summed E-state index contributed by atoms with van der Waals surface area (Å²) >= 11 is 0. The standard InChI is InChI=1S/C27H24N4O3/c1-16-9-12-18(13-10-16)31-21-8-6-5-7-20(21)30-15-19-23(28(3)27(33)29(4)26(19)32)25(30)24(31)22-14-11-17(2)34-22/h5-15,24H,1-4H3. The summed E-state index contributed by atoms with van der Waals surface area (Å²) < 4.78 is 10.9. The van der Waals surface area contributed by atoms with E-state index >= 15 is 0 Å². The quantitative estimate of drug-likeness (QED) is 0.396. The second-order valence-electron chi connectivity index (χ2n) is 8.90. The van der Waals surface area contributed by atoms with Gasteiger partial charge in [0.2, 0.25) is 0 Å². The van der Waals surface area contributed by atoms with Crippen LogP contribution in [0.2, 0.25) is 0 Å². The van der Waals surface area contributed by atoms with Gasteiger partial charge >= 0.3 is 5.69 Å². The Hall–Kier alpha value is -4.26. The van der Waals surface area contributed by atoms with Crippen LogP contribution in [0.1, 0.15) is 28.8 Å². The van der Waals surface area contributed by atoms with E-state index in [9.17, 15) is 9.59 Å². The Morgan fingerprint density at radius 3 is 2.21 bits per heavy atom. The maximum absolute atomic E-state index is 13.2. The van der Waals surface area contributed by atoms with E-state index in [1.54, 1.807) is 11.6 Å². The van der Waals surface area contributed by atoms with Crippen molar-refractivity contribution >= 4 is 22.3 Å². The third kappa shape index (κ3) is 2.70. The Labute approximate surface area is 195 Å². The van der Waals surface area contributed by atoms with Gasteiger partial charge in [-0.1, -0.05) is 29.8 Å². The fraction of sp³-hybridized carbons (Fsp3) is 0.185. The van der Waals surface area contributed by atoms with E-state index < -0.39 is 0 Å². The summed E-state index contributed by atoms with van der Waals surface area (Å²) in [6.07, 6.45) is 1.85. The lowest BCUT2D eigenvalue weighted by molar-refractivity contribution is 0.457. The van der Waals surface area contributed by atoms with Gasteiger partial charge in [-0.3, -0.25) is 13.9 Å². The van der Waals surface area contributed by atoms with Crippen LogP contribution in [-0.2, 0) is 14.1 Å². The Morgan fingerprint density at radius 2 is 1.53 bits per heavy atom. The molecular formula is C27H24N4O3. The summed E-state index contributed by atoms with van der Waals surface area (Å²) in [7, 11) is 3.23. The number of rotatable bonds is 2. The zero-order chi connectivity index (χ0) is 23.7. The van der Waals surface area contributed by atoms with Crippen molar-refractivity contribution in [2.75, 3.05) is 4.90 Å². The molecule has 1 unspecified atom stereocenters. The SMILES string of the molecule is Cc1ccc(N2c3ccccc3-n3cc4c(=O)n(C)c(=O)n(C)c4c3C2c2ccc(C)o2)cc1. The summed E-state index contributed by atoms with van der Waals surface area (Å²) in [6, 6.07) is 20.0. The fourth-order valence-electron chi connectivity index (χ4n) is 5.06. The van der Waals surface area contributed by atoms with Crippen LogP contribution in [0.25, 0.3) is 16.6 Å². The third-order valence-electron chi connectivity index (χ3n) is 6.72. The van der Waals surface area contributed by atoms with Crippen LogP contribution in [0, 0.1) is 13.8 Å². The van der Waals surface area contributed by atoms with Crippen LogP contribution in [0.15, 0.2) is 80.9 Å². The maximum Gasteiger partial charge on any atom is 0.331 e. The molecule has 34 heavy (non-hydrogen) atoms. The highest BCUT2D eigenvalue weighted by Crippen LogP contribution is 2.48. The molecule has 0 fully saturated rings. The van der Waals surface area contributed by atoms with Gasteiger partial charge in [0.05, 0.1) is 28.0 Å². The Bertz CT molecular complexity index is 1700. The molecule has 5 aromatic rings. The first-order chi connectivity index (χ1) is 16.4. The summed E-state index contributed by atoms with van der Waals surface area (Å²) in [5.41, 5.74) is 4.84. The van der Waals surface area contributed by atoms with Gasteiger partial charge in [-0.2, -0.15) is 0 Å². The molecule has 0 bridgehead atoms. The van der Waals surface area contributed by atoms with Crippen LogP contribution in [-0.4, -0.2) is 13.7 Å². The normalized spacial score (nSPS) is 14.9. The number of nitrogens with zero attached hydrogens (tertiary/aromatic N) is 4. The van der Waals surface area contributed by atoms with Crippen LogP contribution >= 0.6 is 0 Å². The van der Waals surface area contributed by atoms with Gasteiger partial charge in [0.25, 0.3) is 5.56 Å². The van der Waals surface area contributed by atoms with Crippen molar-refractivity contribution in [3.63, 3.8) is 0 Å². The van der Waals surface area contributed by atoms with Gasteiger partial charge in [0.15, 0.2) is 0 Å². The molecule has 0 aliphatic carbocycles. The lowest BCUT2D eigenvalue weighted by Crippen LogP contribution is -2.37. The molecule has 1 atom stereocenters. The van der Waals surface area contributed by atoms with Crippen molar-refractivity contribution in [1.29, 1.82) is 0 Å². The minimum Gasteiger partial charge on any atom is -0.464 e. The van der Waals surface area contributed by atoms with Crippen molar-refractivity contribution in [2.24, 2.45) is 14.1 Å². The molecule has 3 aromatic heterocycles. The highest BCUT2D eigenvalue weighted by atomic mass is 16.3. The van der Waals surface area contributed by atoms with Crippen LogP contribution in [0.5, 0.6) is 0 Å². The predicted molar refractivity (Wildman–Crippen MR) is 132 cm³/mol. The largest absolute Gasteiger partial charge is 0.464 e. The van der Waals surface area contributed by atoms with Crippen LogP contribution < -0.4 is 16.1 Å². The topological polar surface area (TPSA) is 65.3 Å². The molecule has 0 radical (unpaired) electrons. The average molecular weight is 453 g/mol. The molecule has 2 aromatic carbocycles. The van der Waals surface area contributed by atoms with Gasteiger partial charge in [0.1, 0.15) is 17.6 Å². The van der Waals surface area contributed by atoms with Crippen molar-refractivity contribution < 1.29 is 4.42 Å². The first-order valence-electron chi connectivity index (χ1n) is 11.2. The van der Waals surface area contributed by atoms with E-state index in [0.29, 0.717) is 10.9 Å². The highest BCUT2D eigenvalue weighted by molar-refractivity contribution is 5.88. The molecule has 7 nitrogen and oxygen atoms in total. The van der Waals surface area contributed by atoms with E-state index in [0.717, 1.165) is 38.8 Å². The number of hydrogen-bond acceptors (Lipinski definition) is 4. The molecule has 0 saturated carbocycles. The summed E-state index contributed by atoms with van der Waals surface area (Å²) in [6.45, 7) is 3.98. The van der Waals surface area contributed by atoms with Crippen molar-refractivity contribution in [3.05, 3.63) is 110 Å². The predicted octanol–water partition coefficient (Wildman–Crippen LogP) is 4.48. The van der Waals surface area contributed by atoms with Gasteiger partial charge in [0, 0.05) is 26.0 Å². The number of aromatic nitrogens is 3. The van der Waals surface area contributed by atoms with E-state index in [-0.39, 0.29) is 17.3 Å². The minimum absolute atomic E-state index is 0.311. The van der Waals surface area contributed by atoms with Gasteiger partial charge in [-0.05, 0) is 50.2 Å². The molecule has 7 heteroatoms. The number of furan rings is 1. The lowest BCUT2D eigenvalue weighted by Gasteiger charge is -2.39. The van der Waals surface area contributed by atoms with Crippen molar-refractivity contribution in [1.82, 2.24) is 13.7 Å². The highest BCUT2D eigenvalue weighted by Gasteiger charge is 2.38. The van der Waals surface area contributed by atoms with Crippen molar-refractivity contribution in [2.45, 2.75) is 19.9 Å². The average Bonchev–Trinajstić information content (AvgIpc) is 3.45.